The summed E-state index contributed by atoms with van der Waals surface area (Å²) in [5, 5.41) is 3.18. The third-order valence-electron chi connectivity index (χ3n) is 3.98. The molecule has 0 spiro atoms. The molecule has 130 valence electrons. The highest BCUT2D eigenvalue weighted by molar-refractivity contribution is 5.71. The molecule has 0 radical (unpaired) electrons. The van der Waals surface area contributed by atoms with Crippen molar-refractivity contribution in [2.24, 2.45) is 0 Å². The molecule has 4 aromatic rings. The van der Waals surface area contributed by atoms with Gasteiger partial charge in [0.2, 0.25) is 0 Å². The zero-order valence-electron chi connectivity index (χ0n) is 14.4. The van der Waals surface area contributed by atoms with Crippen LogP contribution in [-0.2, 0) is 0 Å². The van der Waals surface area contributed by atoms with E-state index in [1.807, 2.05) is 55.5 Å². The van der Waals surface area contributed by atoms with Crippen molar-refractivity contribution in [3.05, 3.63) is 66.8 Å². The lowest BCUT2D eigenvalue weighted by Gasteiger charge is -2.09. The molecule has 0 amide bonds. The van der Waals surface area contributed by atoms with E-state index >= 15 is 0 Å². The third kappa shape index (κ3) is 3.04. The molecule has 0 fully saturated rings. The summed E-state index contributed by atoms with van der Waals surface area (Å²) >= 11 is 0. The second kappa shape index (κ2) is 6.76. The van der Waals surface area contributed by atoms with Crippen LogP contribution in [0.25, 0.3) is 22.6 Å². The second-order valence-corrected chi connectivity index (χ2v) is 5.71. The number of aryl methyl sites for hydroxylation is 1. The minimum atomic E-state index is 0.427. The van der Waals surface area contributed by atoms with Gasteiger partial charge in [0, 0.05) is 17.3 Å². The number of benzene rings is 2. The fourth-order valence-electron chi connectivity index (χ4n) is 2.75. The monoisotopic (exact) mass is 347 g/mol. The fraction of sp³-hybridized carbons (Fsp3) is 0.100. The van der Waals surface area contributed by atoms with Gasteiger partial charge in [-0.1, -0.05) is 30.3 Å². The Morgan fingerprint density at radius 1 is 1.08 bits per heavy atom. The van der Waals surface area contributed by atoms with Gasteiger partial charge >= 0.3 is 0 Å². The molecule has 6 heteroatoms. The van der Waals surface area contributed by atoms with Gasteiger partial charge in [0.15, 0.2) is 17.9 Å². The Kier molecular flexibility index (Phi) is 4.15. The summed E-state index contributed by atoms with van der Waals surface area (Å²) in [4.78, 5) is 8.41. The fourth-order valence-corrected chi connectivity index (χ4v) is 2.75. The molecule has 1 N–H and O–H groups in total. The van der Waals surface area contributed by atoms with Crippen LogP contribution >= 0.6 is 0 Å². The zero-order valence-corrected chi connectivity index (χ0v) is 14.4. The molecule has 0 bridgehead atoms. The van der Waals surface area contributed by atoms with E-state index in [1.54, 1.807) is 13.3 Å². The smallest absolute Gasteiger partial charge is 0.299 e. The molecule has 0 aliphatic rings. The van der Waals surface area contributed by atoms with Gasteiger partial charge in [0.05, 0.1) is 24.6 Å². The Morgan fingerprint density at radius 3 is 2.65 bits per heavy atom. The molecule has 0 atom stereocenters. The summed E-state index contributed by atoms with van der Waals surface area (Å²) in [6.45, 7) is 1.92. The Bertz CT molecular complexity index is 1010. The summed E-state index contributed by atoms with van der Waals surface area (Å²) in [6, 6.07) is 16.0. The van der Waals surface area contributed by atoms with Crippen LogP contribution in [0.3, 0.4) is 0 Å². The predicted molar refractivity (Wildman–Crippen MR) is 98.4 cm³/mol. The standard InChI is InChI=1S/C20H17N3O3/c1-13-19(14-6-4-3-5-7-14)26-20(22-13)23-15-8-9-16(17(10-15)24-2)18-11-21-12-25-18/h3-12H,1-2H3,(H,22,23). The van der Waals surface area contributed by atoms with Crippen LogP contribution in [0, 0.1) is 6.92 Å². The van der Waals surface area contributed by atoms with Crippen LogP contribution in [0.2, 0.25) is 0 Å². The average Bonchev–Trinajstić information content (AvgIpc) is 3.32. The van der Waals surface area contributed by atoms with Gasteiger partial charge in [-0.15, -0.1) is 0 Å². The average molecular weight is 347 g/mol. The third-order valence-corrected chi connectivity index (χ3v) is 3.98. The maximum Gasteiger partial charge on any atom is 0.299 e. The molecule has 2 aromatic carbocycles. The van der Waals surface area contributed by atoms with Gasteiger partial charge in [-0.05, 0) is 19.1 Å². The van der Waals surface area contributed by atoms with E-state index in [0.29, 0.717) is 17.5 Å². The van der Waals surface area contributed by atoms with E-state index in [0.717, 1.165) is 28.3 Å². The summed E-state index contributed by atoms with van der Waals surface area (Å²) in [5.74, 6) is 2.06. The second-order valence-electron chi connectivity index (χ2n) is 5.71. The molecule has 0 aliphatic heterocycles. The van der Waals surface area contributed by atoms with Crippen molar-refractivity contribution >= 4 is 11.7 Å². The normalized spacial score (nSPS) is 10.7. The molecule has 26 heavy (non-hydrogen) atoms. The minimum Gasteiger partial charge on any atom is -0.496 e. The summed E-state index contributed by atoms with van der Waals surface area (Å²) in [6.07, 6.45) is 3.04. The van der Waals surface area contributed by atoms with Crippen LogP contribution in [-0.4, -0.2) is 17.1 Å². The topological polar surface area (TPSA) is 73.3 Å². The van der Waals surface area contributed by atoms with Crippen molar-refractivity contribution in [1.82, 2.24) is 9.97 Å². The Labute approximate surface area is 150 Å². The number of ether oxygens (including phenoxy) is 1. The van der Waals surface area contributed by atoms with Crippen LogP contribution in [0.4, 0.5) is 11.7 Å². The van der Waals surface area contributed by atoms with Gasteiger partial charge in [-0.25, -0.2) is 4.98 Å². The van der Waals surface area contributed by atoms with E-state index < -0.39 is 0 Å². The number of nitrogens with zero attached hydrogens (tertiary/aromatic N) is 2. The lowest BCUT2D eigenvalue weighted by Crippen LogP contribution is -1.93. The summed E-state index contributed by atoms with van der Waals surface area (Å²) < 4.78 is 16.7. The van der Waals surface area contributed by atoms with Crippen molar-refractivity contribution in [3.63, 3.8) is 0 Å². The number of oxazole rings is 2. The van der Waals surface area contributed by atoms with Gasteiger partial charge in [-0.2, -0.15) is 4.98 Å². The molecule has 2 heterocycles. The lowest BCUT2D eigenvalue weighted by atomic mass is 10.1. The Morgan fingerprint density at radius 2 is 1.92 bits per heavy atom. The predicted octanol–water partition coefficient (Wildman–Crippen LogP) is 5.06. The lowest BCUT2D eigenvalue weighted by molar-refractivity contribution is 0.415. The molecular formula is C20H17N3O3. The minimum absolute atomic E-state index is 0.427. The molecule has 0 unspecified atom stereocenters. The number of anilines is 2. The van der Waals surface area contributed by atoms with Crippen LogP contribution < -0.4 is 10.1 Å². The first-order valence-electron chi connectivity index (χ1n) is 8.11. The Hall–Kier alpha value is -3.54. The van der Waals surface area contributed by atoms with Crippen LogP contribution in [0.5, 0.6) is 5.75 Å². The molecule has 6 nitrogen and oxygen atoms in total. The highest BCUT2D eigenvalue weighted by Crippen LogP contribution is 2.34. The number of hydrogen-bond acceptors (Lipinski definition) is 6. The van der Waals surface area contributed by atoms with E-state index in [-0.39, 0.29) is 0 Å². The molecule has 2 aromatic heterocycles. The van der Waals surface area contributed by atoms with Crippen LogP contribution in [0.1, 0.15) is 5.69 Å². The van der Waals surface area contributed by atoms with Gasteiger partial charge < -0.3 is 18.9 Å². The first kappa shape index (κ1) is 16.0. The summed E-state index contributed by atoms with van der Waals surface area (Å²) in [5.41, 5.74) is 3.43. The van der Waals surface area contributed by atoms with E-state index in [4.69, 9.17) is 13.6 Å². The van der Waals surface area contributed by atoms with Crippen molar-refractivity contribution in [1.29, 1.82) is 0 Å². The SMILES string of the molecule is COc1cc(Nc2nc(C)c(-c3ccccc3)o2)ccc1-c1cnco1. The maximum absolute atomic E-state index is 5.89. The van der Waals surface area contributed by atoms with E-state index in [9.17, 15) is 0 Å². The van der Waals surface area contributed by atoms with Crippen molar-refractivity contribution < 1.29 is 13.6 Å². The van der Waals surface area contributed by atoms with Crippen molar-refractivity contribution in [2.75, 3.05) is 12.4 Å². The summed E-state index contributed by atoms with van der Waals surface area (Å²) in [7, 11) is 1.61. The number of nitrogens with one attached hydrogen (secondary N) is 1. The van der Waals surface area contributed by atoms with Gasteiger partial charge in [0.25, 0.3) is 6.01 Å². The number of aromatic nitrogens is 2. The first-order chi connectivity index (χ1) is 12.7. The van der Waals surface area contributed by atoms with Gasteiger partial charge in [0.1, 0.15) is 5.75 Å². The maximum atomic E-state index is 5.89. The molecular weight excluding hydrogens is 330 g/mol. The van der Waals surface area contributed by atoms with Crippen LogP contribution in [0.15, 0.2) is 70.0 Å². The highest BCUT2D eigenvalue weighted by atomic mass is 16.5. The first-order valence-corrected chi connectivity index (χ1v) is 8.11. The van der Waals surface area contributed by atoms with Crippen molar-refractivity contribution in [3.8, 4) is 28.4 Å². The molecule has 4 rings (SSSR count). The number of methoxy groups -OCH3 is 1. The Balaban J connectivity index is 1.62. The molecule has 0 saturated carbocycles. The quantitative estimate of drug-likeness (QED) is 0.544. The van der Waals surface area contributed by atoms with E-state index in [2.05, 4.69) is 15.3 Å². The zero-order chi connectivity index (χ0) is 17.9. The number of hydrogen-bond donors (Lipinski definition) is 1. The highest BCUT2D eigenvalue weighted by Gasteiger charge is 2.14. The number of rotatable bonds is 5. The molecule has 0 aliphatic carbocycles. The van der Waals surface area contributed by atoms with Gasteiger partial charge in [-0.3, -0.25) is 0 Å². The van der Waals surface area contributed by atoms with Crippen molar-refractivity contribution in [2.45, 2.75) is 6.92 Å². The molecule has 0 saturated heterocycles. The van der Waals surface area contributed by atoms with E-state index in [1.165, 1.54) is 6.39 Å². The largest absolute Gasteiger partial charge is 0.496 e.